The summed E-state index contributed by atoms with van der Waals surface area (Å²) < 4.78 is 21.3. The first-order valence-electron chi connectivity index (χ1n) is 8.72. The van der Waals surface area contributed by atoms with Crippen molar-refractivity contribution in [3.8, 4) is 22.1 Å². The van der Waals surface area contributed by atoms with E-state index < -0.39 is 5.82 Å². The van der Waals surface area contributed by atoms with Gasteiger partial charge in [0.2, 0.25) is 0 Å². The van der Waals surface area contributed by atoms with Gasteiger partial charge in [0.05, 0.1) is 29.0 Å². The monoisotopic (exact) mass is 425 g/mol. The second-order valence-corrected chi connectivity index (χ2v) is 7.87. The third-order valence-electron chi connectivity index (χ3n) is 4.21. The molecule has 0 aliphatic carbocycles. The smallest absolute Gasteiger partial charge is 0.196 e. The molecule has 0 bridgehead atoms. The van der Waals surface area contributed by atoms with Crippen LogP contribution in [0.4, 0.5) is 4.39 Å². The van der Waals surface area contributed by atoms with E-state index in [1.165, 1.54) is 23.9 Å². The summed E-state index contributed by atoms with van der Waals surface area (Å²) in [4.78, 5) is 13.4. The molecule has 2 aromatic heterocycles. The summed E-state index contributed by atoms with van der Waals surface area (Å²) in [7, 11) is 1.60. The van der Waals surface area contributed by atoms with Crippen LogP contribution in [-0.4, -0.2) is 33.4 Å². The van der Waals surface area contributed by atoms with Gasteiger partial charge in [0.25, 0.3) is 0 Å². The minimum atomic E-state index is -0.524. The van der Waals surface area contributed by atoms with Crippen LogP contribution in [0.1, 0.15) is 10.4 Å². The molecule has 146 valence electrons. The number of benzene rings is 2. The van der Waals surface area contributed by atoms with Crippen LogP contribution in [0.5, 0.6) is 5.75 Å². The zero-order chi connectivity index (χ0) is 20.2. The van der Waals surface area contributed by atoms with Crippen molar-refractivity contribution in [2.45, 2.75) is 5.16 Å². The van der Waals surface area contributed by atoms with E-state index in [1.807, 2.05) is 46.3 Å². The predicted octanol–water partition coefficient (Wildman–Crippen LogP) is 5.12. The summed E-state index contributed by atoms with van der Waals surface area (Å²) in [6.45, 7) is 0. The van der Waals surface area contributed by atoms with Crippen LogP contribution in [-0.2, 0) is 0 Å². The Balaban J connectivity index is 1.71. The molecule has 0 fully saturated rings. The number of carbonyl (C=O) groups excluding carboxylic acids is 1. The fourth-order valence-corrected chi connectivity index (χ4v) is 4.38. The maximum Gasteiger partial charge on any atom is 0.196 e. The highest BCUT2D eigenvalue weighted by Crippen LogP contribution is 2.34. The highest BCUT2D eigenvalue weighted by atomic mass is 32.2. The number of methoxy groups -OCH3 is 1. The third-order valence-corrected chi connectivity index (χ3v) is 6.00. The number of Topliss-reactive ketones (excluding diaryl/α,β-unsaturated/α-hetero) is 1. The molecule has 2 aromatic carbocycles. The van der Waals surface area contributed by atoms with Gasteiger partial charge >= 0.3 is 0 Å². The average molecular weight is 426 g/mol. The molecular formula is C21H16FN3O2S2. The summed E-state index contributed by atoms with van der Waals surface area (Å²) in [6.07, 6.45) is 0. The number of aromatic nitrogens is 3. The van der Waals surface area contributed by atoms with Gasteiger partial charge in [-0.05, 0) is 35.7 Å². The molecule has 5 nitrogen and oxygen atoms in total. The maximum atomic E-state index is 13.9. The third kappa shape index (κ3) is 3.94. The number of carbonyl (C=O) groups is 1. The van der Waals surface area contributed by atoms with Crippen LogP contribution < -0.4 is 4.74 Å². The number of halogens is 1. The number of rotatable bonds is 7. The number of ketones is 1. The van der Waals surface area contributed by atoms with Crippen molar-refractivity contribution in [3.05, 3.63) is 77.4 Å². The molecule has 29 heavy (non-hydrogen) atoms. The Morgan fingerprint density at radius 2 is 1.90 bits per heavy atom. The van der Waals surface area contributed by atoms with Crippen LogP contribution in [0.3, 0.4) is 0 Å². The Morgan fingerprint density at radius 1 is 1.10 bits per heavy atom. The number of para-hydroxylation sites is 2. The minimum absolute atomic E-state index is 0.0403. The Morgan fingerprint density at radius 3 is 2.66 bits per heavy atom. The van der Waals surface area contributed by atoms with Crippen LogP contribution >= 0.6 is 23.1 Å². The first-order valence-corrected chi connectivity index (χ1v) is 10.6. The molecule has 0 unspecified atom stereocenters. The highest BCUT2D eigenvalue weighted by Gasteiger charge is 2.21. The van der Waals surface area contributed by atoms with Crippen molar-refractivity contribution < 1.29 is 13.9 Å². The van der Waals surface area contributed by atoms with E-state index in [0.29, 0.717) is 16.7 Å². The fourth-order valence-electron chi connectivity index (χ4n) is 2.86. The van der Waals surface area contributed by atoms with Gasteiger partial charge in [-0.1, -0.05) is 42.1 Å². The summed E-state index contributed by atoms with van der Waals surface area (Å²) in [5.41, 5.74) is 0.839. The van der Waals surface area contributed by atoms with Gasteiger partial charge in [0.1, 0.15) is 11.6 Å². The Bertz CT molecular complexity index is 1140. The number of thiophene rings is 1. The molecule has 0 N–H and O–H groups in total. The van der Waals surface area contributed by atoms with Crippen molar-refractivity contribution in [2.24, 2.45) is 0 Å². The quantitative estimate of drug-likeness (QED) is 0.304. The SMILES string of the molecule is COc1ccccc1-n1c(SCC(=O)c2ccccc2F)nnc1-c1cccs1. The molecule has 8 heteroatoms. The molecule has 0 atom stereocenters. The van der Waals surface area contributed by atoms with Crippen molar-refractivity contribution in [1.82, 2.24) is 14.8 Å². The minimum Gasteiger partial charge on any atom is -0.495 e. The topological polar surface area (TPSA) is 57.0 Å². The zero-order valence-corrected chi connectivity index (χ0v) is 17.0. The van der Waals surface area contributed by atoms with Crippen LogP contribution in [0.25, 0.3) is 16.4 Å². The van der Waals surface area contributed by atoms with E-state index in [0.717, 1.165) is 10.6 Å². The highest BCUT2D eigenvalue weighted by molar-refractivity contribution is 7.99. The summed E-state index contributed by atoms with van der Waals surface area (Å²) in [6, 6.07) is 17.4. The Labute approximate surface area is 175 Å². The first-order chi connectivity index (χ1) is 14.2. The lowest BCUT2D eigenvalue weighted by Crippen LogP contribution is -2.07. The van der Waals surface area contributed by atoms with E-state index >= 15 is 0 Å². The van der Waals surface area contributed by atoms with Gasteiger partial charge in [-0.3, -0.25) is 9.36 Å². The summed E-state index contributed by atoms with van der Waals surface area (Å²) >= 11 is 2.76. The number of thioether (sulfide) groups is 1. The zero-order valence-electron chi connectivity index (χ0n) is 15.4. The van der Waals surface area contributed by atoms with Gasteiger partial charge in [0, 0.05) is 0 Å². The van der Waals surface area contributed by atoms with Crippen LogP contribution in [0.2, 0.25) is 0 Å². The first kappa shape index (κ1) is 19.4. The molecule has 4 aromatic rings. The molecule has 0 saturated heterocycles. The number of nitrogens with zero attached hydrogens (tertiary/aromatic N) is 3. The molecular weight excluding hydrogens is 409 g/mol. The summed E-state index contributed by atoms with van der Waals surface area (Å²) in [5, 5.41) is 11.1. The van der Waals surface area contributed by atoms with Crippen molar-refractivity contribution >= 4 is 28.9 Å². The van der Waals surface area contributed by atoms with Crippen molar-refractivity contribution in [1.29, 1.82) is 0 Å². The molecule has 0 amide bonds. The number of hydrogen-bond acceptors (Lipinski definition) is 6. The maximum absolute atomic E-state index is 13.9. The molecule has 0 radical (unpaired) electrons. The Kier molecular flexibility index (Phi) is 5.73. The lowest BCUT2D eigenvalue weighted by molar-refractivity contribution is 0.101. The van der Waals surface area contributed by atoms with Gasteiger partial charge in [-0.15, -0.1) is 21.5 Å². The molecule has 0 spiro atoms. The standard InChI is InChI=1S/C21H16FN3O2S2/c1-27-18-10-5-4-9-16(18)25-20(19-11-6-12-28-19)23-24-21(25)29-13-17(26)14-7-2-3-8-15(14)22/h2-12H,13H2,1H3. The second-order valence-electron chi connectivity index (χ2n) is 5.98. The molecule has 4 rings (SSSR count). The van der Waals surface area contributed by atoms with E-state index in [1.54, 1.807) is 30.6 Å². The van der Waals surface area contributed by atoms with Gasteiger partial charge < -0.3 is 4.74 Å². The number of hydrogen-bond donors (Lipinski definition) is 0. The van der Waals surface area contributed by atoms with Gasteiger partial charge in [0.15, 0.2) is 16.8 Å². The van der Waals surface area contributed by atoms with Gasteiger partial charge in [-0.25, -0.2) is 4.39 Å². The summed E-state index contributed by atoms with van der Waals surface area (Å²) in [5.74, 6) is 0.528. The molecule has 0 aliphatic heterocycles. The average Bonchev–Trinajstić information content (AvgIpc) is 3.42. The normalized spacial score (nSPS) is 10.8. The van der Waals surface area contributed by atoms with E-state index in [2.05, 4.69) is 10.2 Å². The van der Waals surface area contributed by atoms with Crippen LogP contribution in [0.15, 0.2) is 71.2 Å². The van der Waals surface area contributed by atoms with Crippen LogP contribution in [0, 0.1) is 5.82 Å². The molecule has 0 saturated carbocycles. The molecule has 0 aliphatic rings. The lowest BCUT2D eigenvalue weighted by atomic mass is 10.1. The van der Waals surface area contributed by atoms with E-state index in [9.17, 15) is 9.18 Å². The second kappa shape index (κ2) is 8.59. The van der Waals surface area contributed by atoms with E-state index in [4.69, 9.17) is 4.74 Å². The molecule has 2 heterocycles. The lowest BCUT2D eigenvalue weighted by Gasteiger charge is -2.13. The fraction of sp³-hybridized carbons (Fsp3) is 0.0952. The van der Waals surface area contributed by atoms with Crippen molar-refractivity contribution in [2.75, 3.05) is 12.9 Å². The number of ether oxygens (including phenoxy) is 1. The Hall–Kier alpha value is -2.97. The van der Waals surface area contributed by atoms with Crippen molar-refractivity contribution in [3.63, 3.8) is 0 Å². The van der Waals surface area contributed by atoms with E-state index in [-0.39, 0.29) is 17.1 Å². The van der Waals surface area contributed by atoms with Gasteiger partial charge in [-0.2, -0.15) is 0 Å². The largest absolute Gasteiger partial charge is 0.495 e. The predicted molar refractivity (Wildman–Crippen MR) is 113 cm³/mol.